The highest BCUT2D eigenvalue weighted by Crippen LogP contribution is 2.25. The predicted octanol–water partition coefficient (Wildman–Crippen LogP) is 6.04. The Bertz CT molecular complexity index is 1020. The van der Waals surface area contributed by atoms with Crippen LogP contribution in [0.2, 0.25) is 5.02 Å². The molecule has 0 aliphatic rings. The summed E-state index contributed by atoms with van der Waals surface area (Å²) in [6.07, 6.45) is 0.905. The van der Waals surface area contributed by atoms with Gasteiger partial charge < -0.3 is 10.6 Å². The topological polar surface area (TPSA) is 58.2 Å². The van der Waals surface area contributed by atoms with E-state index in [1.807, 2.05) is 42.5 Å². The maximum Gasteiger partial charge on any atom is 0.255 e. The SMILES string of the molecule is CC(C)CCNC(=O)c1ccc(Cl)c(NC(=O)c2ccc(-c3ccccc3)cc2)c1. The molecule has 0 radical (unpaired) electrons. The van der Waals surface area contributed by atoms with Gasteiger partial charge in [-0.05, 0) is 53.8 Å². The molecule has 3 aromatic carbocycles. The molecule has 0 aliphatic heterocycles. The summed E-state index contributed by atoms with van der Waals surface area (Å²) in [5.41, 5.74) is 3.50. The number of nitrogens with one attached hydrogen (secondary N) is 2. The highest BCUT2D eigenvalue weighted by atomic mass is 35.5. The molecule has 0 aliphatic carbocycles. The largest absolute Gasteiger partial charge is 0.352 e. The lowest BCUT2D eigenvalue weighted by Gasteiger charge is -2.11. The smallest absolute Gasteiger partial charge is 0.255 e. The molecule has 154 valence electrons. The lowest BCUT2D eigenvalue weighted by Crippen LogP contribution is -2.25. The van der Waals surface area contributed by atoms with E-state index in [1.165, 1.54) is 0 Å². The molecule has 3 aromatic rings. The number of benzene rings is 3. The number of halogens is 1. The van der Waals surface area contributed by atoms with Gasteiger partial charge in [0, 0.05) is 17.7 Å². The number of amides is 2. The van der Waals surface area contributed by atoms with E-state index < -0.39 is 0 Å². The third-order valence-electron chi connectivity index (χ3n) is 4.74. The summed E-state index contributed by atoms with van der Waals surface area (Å²) in [5, 5.41) is 6.07. The zero-order valence-electron chi connectivity index (χ0n) is 17.1. The molecule has 0 saturated heterocycles. The highest BCUT2D eigenvalue weighted by Gasteiger charge is 2.13. The van der Waals surface area contributed by atoms with Crippen LogP contribution in [0.4, 0.5) is 5.69 Å². The molecule has 5 heteroatoms. The van der Waals surface area contributed by atoms with Crippen molar-refractivity contribution in [3.8, 4) is 11.1 Å². The average molecular weight is 421 g/mol. The van der Waals surface area contributed by atoms with Gasteiger partial charge in [0.05, 0.1) is 10.7 Å². The lowest BCUT2D eigenvalue weighted by atomic mass is 10.0. The standard InChI is InChI=1S/C25H25ClN2O2/c1-17(2)14-15-27-24(29)21-12-13-22(26)23(16-21)28-25(30)20-10-8-19(9-11-20)18-6-4-3-5-7-18/h3-13,16-17H,14-15H2,1-2H3,(H,27,29)(H,28,30). The number of carbonyl (C=O) groups excluding carboxylic acids is 2. The molecule has 0 saturated carbocycles. The number of rotatable bonds is 7. The summed E-state index contributed by atoms with van der Waals surface area (Å²) < 4.78 is 0. The summed E-state index contributed by atoms with van der Waals surface area (Å²) in [6.45, 7) is 4.82. The van der Waals surface area contributed by atoms with Crippen LogP contribution in [-0.4, -0.2) is 18.4 Å². The van der Waals surface area contributed by atoms with E-state index in [0.29, 0.717) is 34.3 Å². The molecule has 0 unspecified atom stereocenters. The molecular formula is C25H25ClN2O2. The van der Waals surface area contributed by atoms with Gasteiger partial charge in [-0.25, -0.2) is 0 Å². The molecule has 4 nitrogen and oxygen atoms in total. The zero-order valence-corrected chi connectivity index (χ0v) is 17.9. The van der Waals surface area contributed by atoms with Crippen molar-refractivity contribution in [1.82, 2.24) is 5.32 Å². The average Bonchev–Trinajstić information content (AvgIpc) is 2.75. The van der Waals surface area contributed by atoms with Crippen LogP contribution in [0, 0.1) is 5.92 Å². The second kappa shape index (κ2) is 10.1. The highest BCUT2D eigenvalue weighted by molar-refractivity contribution is 6.34. The van der Waals surface area contributed by atoms with E-state index >= 15 is 0 Å². The Morgan fingerprint density at radius 3 is 2.13 bits per heavy atom. The normalized spacial score (nSPS) is 10.7. The van der Waals surface area contributed by atoms with Crippen LogP contribution in [0.5, 0.6) is 0 Å². The van der Waals surface area contributed by atoms with Crippen molar-refractivity contribution >= 4 is 29.1 Å². The van der Waals surface area contributed by atoms with Crippen LogP contribution in [0.25, 0.3) is 11.1 Å². The molecule has 0 fully saturated rings. The first-order valence-corrected chi connectivity index (χ1v) is 10.4. The van der Waals surface area contributed by atoms with E-state index in [2.05, 4.69) is 24.5 Å². The number of hydrogen-bond acceptors (Lipinski definition) is 2. The van der Waals surface area contributed by atoms with Gasteiger partial charge in [-0.1, -0.05) is 67.9 Å². The van der Waals surface area contributed by atoms with E-state index in [4.69, 9.17) is 11.6 Å². The zero-order chi connectivity index (χ0) is 21.5. The van der Waals surface area contributed by atoms with Gasteiger partial charge in [0.2, 0.25) is 0 Å². The van der Waals surface area contributed by atoms with Crippen LogP contribution in [-0.2, 0) is 0 Å². The third-order valence-corrected chi connectivity index (χ3v) is 5.07. The van der Waals surface area contributed by atoms with Crippen molar-refractivity contribution in [2.45, 2.75) is 20.3 Å². The van der Waals surface area contributed by atoms with Gasteiger partial charge in [0.25, 0.3) is 11.8 Å². The Hall–Kier alpha value is -3.11. The fraction of sp³-hybridized carbons (Fsp3) is 0.200. The maximum absolute atomic E-state index is 12.7. The Balaban J connectivity index is 1.69. The van der Waals surface area contributed by atoms with Crippen molar-refractivity contribution in [3.05, 3.63) is 88.9 Å². The molecule has 0 atom stereocenters. The van der Waals surface area contributed by atoms with Crippen molar-refractivity contribution in [3.63, 3.8) is 0 Å². The van der Waals surface area contributed by atoms with Crippen LogP contribution >= 0.6 is 11.6 Å². The van der Waals surface area contributed by atoms with Crippen molar-refractivity contribution in [2.75, 3.05) is 11.9 Å². The number of carbonyl (C=O) groups is 2. The van der Waals surface area contributed by atoms with Crippen LogP contribution in [0.3, 0.4) is 0 Å². The van der Waals surface area contributed by atoms with Crippen molar-refractivity contribution in [2.24, 2.45) is 5.92 Å². The first-order valence-electron chi connectivity index (χ1n) is 9.98. The van der Waals surface area contributed by atoms with Crippen LogP contribution < -0.4 is 10.6 Å². The van der Waals surface area contributed by atoms with Gasteiger partial charge in [-0.3, -0.25) is 9.59 Å². The minimum absolute atomic E-state index is 0.185. The predicted molar refractivity (Wildman–Crippen MR) is 123 cm³/mol. The molecular weight excluding hydrogens is 396 g/mol. The van der Waals surface area contributed by atoms with Gasteiger partial charge >= 0.3 is 0 Å². The van der Waals surface area contributed by atoms with Gasteiger partial charge in [-0.15, -0.1) is 0 Å². The van der Waals surface area contributed by atoms with Crippen molar-refractivity contribution < 1.29 is 9.59 Å². The fourth-order valence-electron chi connectivity index (χ4n) is 2.98. The van der Waals surface area contributed by atoms with E-state index in [9.17, 15) is 9.59 Å². The van der Waals surface area contributed by atoms with E-state index in [-0.39, 0.29) is 11.8 Å². The third kappa shape index (κ3) is 5.71. The first-order chi connectivity index (χ1) is 14.4. The van der Waals surface area contributed by atoms with Gasteiger partial charge in [0.1, 0.15) is 0 Å². The Morgan fingerprint density at radius 2 is 1.47 bits per heavy atom. The summed E-state index contributed by atoms with van der Waals surface area (Å²) in [4.78, 5) is 25.0. The summed E-state index contributed by atoms with van der Waals surface area (Å²) >= 11 is 6.24. The Kier molecular flexibility index (Phi) is 7.26. The minimum atomic E-state index is -0.283. The molecule has 0 spiro atoms. The van der Waals surface area contributed by atoms with Crippen molar-refractivity contribution in [1.29, 1.82) is 0 Å². The summed E-state index contributed by atoms with van der Waals surface area (Å²) in [7, 11) is 0. The van der Waals surface area contributed by atoms with E-state index in [0.717, 1.165) is 17.5 Å². The maximum atomic E-state index is 12.7. The minimum Gasteiger partial charge on any atom is -0.352 e. The quantitative estimate of drug-likeness (QED) is 0.489. The van der Waals surface area contributed by atoms with E-state index in [1.54, 1.807) is 30.3 Å². The summed E-state index contributed by atoms with van der Waals surface area (Å²) in [5.74, 6) is 0.0440. The molecule has 0 aromatic heterocycles. The molecule has 30 heavy (non-hydrogen) atoms. The summed E-state index contributed by atoms with van der Waals surface area (Å²) in [6, 6.07) is 22.2. The van der Waals surface area contributed by atoms with Gasteiger partial charge in [0.15, 0.2) is 0 Å². The molecule has 3 rings (SSSR count). The Morgan fingerprint density at radius 1 is 0.833 bits per heavy atom. The second-order valence-electron chi connectivity index (χ2n) is 7.53. The first kappa shape index (κ1) is 21.6. The monoisotopic (exact) mass is 420 g/mol. The molecule has 2 amide bonds. The lowest BCUT2D eigenvalue weighted by molar-refractivity contribution is 0.0950. The second-order valence-corrected chi connectivity index (χ2v) is 7.94. The van der Waals surface area contributed by atoms with Crippen LogP contribution in [0.15, 0.2) is 72.8 Å². The Labute approximate surface area is 182 Å². The van der Waals surface area contributed by atoms with Crippen LogP contribution in [0.1, 0.15) is 41.0 Å². The molecule has 2 N–H and O–H groups in total. The fourth-order valence-corrected chi connectivity index (χ4v) is 3.14. The number of anilines is 1. The van der Waals surface area contributed by atoms with Gasteiger partial charge in [-0.2, -0.15) is 0 Å². The number of hydrogen-bond donors (Lipinski definition) is 2. The molecule has 0 bridgehead atoms. The molecule has 0 heterocycles.